The van der Waals surface area contributed by atoms with E-state index in [-0.39, 0.29) is 0 Å². The zero-order valence-electron chi connectivity index (χ0n) is 13.8. The Morgan fingerprint density at radius 2 is 2.00 bits per heavy atom. The lowest BCUT2D eigenvalue weighted by atomic mass is 10.0. The van der Waals surface area contributed by atoms with Crippen LogP contribution in [0.3, 0.4) is 0 Å². The quantitative estimate of drug-likeness (QED) is 0.606. The molecule has 0 fully saturated rings. The van der Waals surface area contributed by atoms with Crippen LogP contribution in [-0.2, 0) is 12.7 Å². The van der Waals surface area contributed by atoms with Crippen molar-refractivity contribution in [3.8, 4) is 11.1 Å². The highest BCUT2D eigenvalue weighted by molar-refractivity contribution is 7.05. The molecular formula is C18H15F3N4S. The van der Waals surface area contributed by atoms with E-state index >= 15 is 0 Å². The van der Waals surface area contributed by atoms with Crippen LogP contribution in [-0.4, -0.2) is 15.6 Å². The standard InChI is InChI=1S/C18H15F3N4S/c1-11-5-15(25-26-11)10-24-16-7-13(9-23-17(16)8-22)12-3-2-4-14(6-12)18(19,20)21/h2-9,22,24H,10H2,1H3. The summed E-state index contributed by atoms with van der Waals surface area (Å²) in [6, 6.07) is 8.74. The first-order valence-electron chi connectivity index (χ1n) is 7.71. The zero-order chi connectivity index (χ0) is 18.7. The number of aryl methyl sites for hydroxylation is 1. The van der Waals surface area contributed by atoms with E-state index in [9.17, 15) is 13.2 Å². The van der Waals surface area contributed by atoms with Gasteiger partial charge in [0.2, 0.25) is 0 Å². The Hall–Kier alpha value is -2.74. The third-order valence-electron chi connectivity index (χ3n) is 3.72. The molecule has 0 spiro atoms. The molecule has 0 unspecified atom stereocenters. The summed E-state index contributed by atoms with van der Waals surface area (Å²) in [7, 11) is 0. The molecule has 0 aliphatic carbocycles. The minimum atomic E-state index is -4.40. The number of hydrogen-bond acceptors (Lipinski definition) is 5. The minimum absolute atomic E-state index is 0.410. The number of hydrogen-bond donors (Lipinski definition) is 2. The highest BCUT2D eigenvalue weighted by Gasteiger charge is 2.30. The monoisotopic (exact) mass is 376 g/mol. The highest BCUT2D eigenvalue weighted by atomic mass is 32.1. The van der Waals surface area contributed by atoms with Crippen molar-refractivity contribution < 1.29 is 13.2 Å². The fourth-order valence-corrected chi connectivity index (χ4v) is 3.02. The van der Waals surface area contributed by atoms with Crippen molar-refractivity contribution >= 4 is 23.4 Å². The summed E-state index contributed by atoms with van der Waals surface area (Å²) in [6.07, 6.45) is -1.83. The molecule has 8 heteroatoms. The summed E-state index contributed by atoms with van der Waals surface area (Å²) in [5, 5.41) is 10.6. The van der Waals surface area contributed by atoms with Gasteiger partial charge in [-0.3, -0.25) is 4.98 Å². The topological polar surface area (TPSA) is 61.7 Å². The molecular weight excluding hydrogens is 361 g/mol. The van der Waals surface area contributed by atoms with E-state index < -0.39 is 11.7 Å². The number of halogens is 3. The number of aromatic nitrogens is 2. The lowest BCUT2D eigenvalue weighted by Gasteiger charge is -2.12. The van der Waals surface area contributed by atoms with Gasteiger partial charge in [-0.25, -0.2) is 0 Å². The van der Waals surface area contributed by atoms with E-state index in [1.165, 1.54) is 23.8 Å². The molecule has 1 aromatic carbocycles. The Balaban J connectivity index is 1.91. The number of benzene rings is 1. The molecule has 0 saturated carbocycles. The molecule has 0 saturated heterocycles. The predicted molar refractivity (Wildman–Crippen MR) is 96.7 cm³/mol. The number of pyridine rings is 1. The van der Waals surface area contributed by atoms with Gasteiger partial charge in [0.15, 0.2) is 0 Å². The number of rotatable bonds is 5. The minimum Gasteiger partial charge on any atom is -0.378 e. The number of anilines is 1. The van der Waals surface area contributed by atoms with Crippen molar-refractivity contribution in [3.05, 3.63) is 64.4 Å². The van der Waals surface area contributed by atoms with E-state index in [2.05, 4.69) is 14.7 Å². The normalized spacial score (nSPS) is 11.4. The van der Waals surface area contributed by atoms with E-state index in [4.69, 9.17) is 5.41 Å². The molecule has 4 nitrogen and oxygen atoms in total. The van der Waals surface area contributed by atoms with Crippen LogP contribution < -0.4 is 5.32 Å². The van der Waals surface area contributed by atoms with Crippen molar-refractivity contribution in [2.75, 3.05) is 5.32 Å². The maximum Gasteiger partial charge on any atom is 0.416 e. The molecule has 0 bridgehead atoms. The van der Waals surface area contributed by atoms with Gasteiger partial charge in [0, 0.05) is 22.9 Å². The first-order chi connectivity index (χ1) is 12.4. The molecule has 134 valence electrons. The molecule has 0 amide bonds. The third-order valence-corrected chi connectivity index (χ3v) is 4.45. The second kappa shape index (κ2) is 7.25. The Labute approximate surface area is 152 Å². The molecule has 0 atom stereocenters. The Morgan fingerprint density at radius 3 is 2.65 bits per heavy atom. The average molecular weight is 376 g/mol. The van der Waals surface area contributed by atoms with Gasteiger partial charge in [-0.15, -0.1) is 0 Å². The molecule has 0 radical (unpaired) electrons. The van der Waals surface area contributed by atoms with E-state index in [0.717, 1.165) is 28.9 Å². The summed E-state index contributed by atoms with van der Waals surface area (Å²) < 4.78 is 43.1. The fourth-order valence-electron chi connectivity index (χ4n) is 2.45. The maximum atomic E-state index is 12.9. The summed E-state index contributed by atoms with van der Waals surface area (Å²) in [5.74, 6) is 0. The van der Waals surface area contributed by atoms with E-state index in [0.29, 0.717) is 29.1 Å². The zero-order valence-corrected chi connectivity index (χ0v) is 14.6. The van der Waals surface area contributed by atoms with Crippen LogP contribution in [0.25, 0.3) is 11.1 Å². The van der Waals surface area contributed by atoms with Gasteiger partial charge in [-0.05, 0) is 48.3 Å². The maximum absolute atomic E-state index is 12.9. The average Bonchev–Trinajstić information content (AvgIpc) is 3.04. The van der Waals surface area contributed by atoms with Crippen molar-refractivity contribution in [1.29, 1.82) is 5.41 Å². The molecule has 0 aliphatic rings. The molecule has 0 aliphatic heterocycles. The van der Waals surface area contributed by atoms with Crippen molar-refractivity contribution in [1.82, 2.24) is 9.36 Å². The van der Waals surface area contributed by atoms with Crippen LogP contribution in [0.5, 0.6) is 0 Å². The van der Waals surface area contributed by atoms with Gasteiger partial charge in [0.1, 0.15) is 5.69 Å². The second-order valence-electron chi connectivity index (χ2n) is 5.66. The predicted octanol–water partition coefficient (Wildman–Crippen LogP) is 5.14. The molecule has 3 rings (SSSR count). The van der Waals surface area contributed by atoms with Crippen LogP contribution in [0.2, 0.25) is 0 Å². The van der Waals surface area contributed by atoms with Crippen molar-refractivity contribution in [2.45, 2.75) is 19.6 Å². The summed E-state index contributed by atoms with van der Waals surface area (Å²) >= 11 is 1.40. The van der Waals surface area contributed by atoms with Crippen LogP contribution in [0.1, 0.15) is 21.8 Å². The van der Waals surface area contributed by atoms with E-state index in [1.807, 2.05) is 13.0 Å². The first-order valence-corrected chi connectivity index (χ1v) is 8.48. The molecule has 2 aromatic heterocycles. The highest BCUT2D eigenvalue weighted by Crippen LogP contribution is 2.32. The van der Waals surface area contributed by atoms with Gasteiger partial charge in [0.05, 0.1) is 23.5 Å². The summed E-state index contributed by atoms with van der Waals surface area (Å²) in [5.41, 5.74) is 2.08. The Bertz CT molecular complexity index is 934. The van der Waals surface area contributed by atoms with E-state index in [1.54, 1.807) is 12.1 Å². The van der Waals surface area contributed by atoms with Gasteiger partial charge >= 0.3 is 6.18 Å². The number of nitrogens with one attached hydrogen (secondary N) is 2. The summed E-state index contributed by atoms with van der Waals surface area (Å²) in [6.45, 7) is 2.40. The van der Waals surface area contributed by atoms with Crippen LogP contribution >= 0.6 is 11.5 Å². The van der Waals surface area contributed by atoms with Crippen LogP contribution in [0, 0.1) is 12.3 Å². The smallest absolute Gasteiger partial charge is 0.378 e. The van der Waals surface area contributed by atoms with Crippen molar-refractivity contribution in [2.24, 2.45) is 0 Å². The Morgan fingerprint density at radius 1 is 1.19 bits per heavy atom. The fraction of sp³-hybridized carbons (Fsp3) is 0.167. The lowest BCUT2D eigenvalue weighted by molar-refractivity contribution is -0.137. The molecule has 2 heterocycles. The van der Waals surface area contributed by atoms with Gasteiger partial charge in [0.25, 0.3) is 0 Å². The third kappa shape index (κ3) is 4.08. The van der Waals surface area contributed by atoms with Gasteiger partial charge in [-0.2, -0.15) is 17.5 Å². The molecule has 3 aromatic rings. The van der Waals surface area contributed by atoms with Gasteiger partial charge < -0.3 is 10.7 Å². The van der Waals surface area contributed by atoms with Crippen LogP contribution in [0.4, 0.5) is 18.9 Å². The SMILES string of the molecule is Cc1cc(CNc2cc(-c3cccc(C(F)(F)F)c3)cnc2C=N)ns1. The number of alkyl halides is 3. The number of nitrogens with zero attached hydrogens (tertiary/aromatic N) is 2. The molecule has 26 heavy (non-hydrogen) atoms. The second-order valence-corrected chi connectivity index (χ2v) is 6.67. The largest absolute Gasteiger partial charge is 0.416 e. The lowest BCUT2D eigenvalue weighted by Crippen LogP contribution is -2.05. The molecule has 2 N–H and O–H groups in total. The van der Waals surface area contributed by atoms with Crippen LogP contribution in [0.15, 0.2) is 42.6 Å². The summed E-state index contributed by atoms with van der Waals surface area (Å²) in [4.78, 5) is 5.27. The van der Waals surface area contributed by atoms with Crippen molar-refractivity contribution in [3.63, 3.8) is 0 Å². The van der Waals surface area contributed by atoms with Gasteiger partial charge in [-0.1, -0.05) is 12.1 Å². The first kappa shape index (κ1) is 18.1. The Kier molecular flexibility index (Phi) is 5.03.